The first-order chi connectivity index (χ1) is 17.4. The average molecular weight is 481 g/mol. The van der Waals surface area contributed by atoms with Gasteiger partial charge in [-0.05, 0) is 28.2 Å². The standard InChI is InChI=1S/C32H32O4/c1-32(2,3)28-19-27(31(33)36-23-26-17-11-6-12-18-26)29(34-21-24-13-7-4-8-14-24)20-30(28)35-22-25-15-9-5-10-16-25/h4-20H,21-23H2,1-3H3. The Balaban J connectivity index is 1.66. The molecule has 0 aromatic heterocycles. The maximum absolute atomic E-state index is 13.3. The van der Waals surface area contributed by atoms with Crippen molar-refractivity contribution in [2.75, 3.05) is 0 Å². The molecule has 0 aliphatic heterocycles. The average Bonchev–Trinajstić information content (AvgIpc) is 2.90. The quantitative estimate of drug-likeness (QED) is 0.233. The molecule has 0 aliphatic rings. The summed E-state index contributed by atoms with van der Waals surface area (Å²) in [5, 5.41) is 0. The van der Waals surface area contributed by atoms with E-state index in [1.165, 1.54) is 0 Å². The Bertz CT molecular complexity index is 1260. The number of carbonyl (C=O) groups is 1. The van der Waals surface area contributed by atoms with Crippen LogP contribution in [-0.4, -0.2) is 5.97 Å². The van der Waals surface area contributed by atoms with Crippen LogP contribution in [0.4, 0.5) is 0 Å². The van der Waals surface area contributed by atoms with Gasteiger partial charge in [0.05, 0.1) is 0 Å². The molecule has 4 aromatic carbocycles. The summed E-state index contributed by atoms with van der Waals surface area (Å²) in [6.45, 7) is 7.23. The van der Waals surface area contributed by atoms with E-state index in [4.69, 9.17) is 14.2 Å². The summed E-state index contributed by atoms with van der Waals surface area (Å²) in [6.07, 6.45) is 0. The van der Waals surface area contributed by atoms with Gasteiger partial charge in [0.2, 0.25) is 0 Å². The minimum atomic E-state index is -0.429. The molecular weight excluding hydrogens is 448 g/mol. The molecule has 0 heterocycles. The van der Waals surface area contributed by atoms with Crippen LogP contribution in [0.15, 0.2) is 103 Å². The number of rotatable bonds is 9. The van der Waals surface area contributed by atoms with Crippen molar-refractivity contribution in [1.82, 2.24) is 0 Å². The van der Waals surface area contributed by atoms with Gasteiger partial charge in [0.25, 0.3) is 0 Å². The van der Waals surface area contributed by atoms with Gasteiger partial charge in [0.1, 0.15) is 36.9 Å². The van der Waals surface area contributed by atoms with Gasteiger partial charge in [-0.25, -0.2) is 4.79 Å². The normalized spacial score (nSPS) is 11.1. The van der Waals surface area contributed by atoms with Crippen LogP contribution >= 0.6 is 0 Å². The second-order valence-electron chi connectivity index (χ2n) is 9.70. The number of carbonyl (C=O) groups excluding carboxylic acids is 1. The molecule has 0 saturated carbocycles. The van der Waals surface area contributed by atoms with Crippen molar-refractivity contribution in [3.63, 3.8) is 0 Å². The summed E-state index contributed by atoms with van der Waals surface area (Å²) in [4.78, 5) is 13.3. The third-order valence-electron chi connectivity index (χ3n) is 5.80. The van der Waals surface area contributed by atoms with E-state index >= 15 is 0 Å². The Morgan fingerprint density at radius 1 is 0.611 bits per heavy atom. The minimum absolute atomic E-state index is 0.189. The molecule has 4 rings (SSSR count). The number of hydrogen-bond acceptors (Lipinski definition) is 4. The summed E-state index contributed by atoms with van der Waals surface area (Å²) < 4.78 is 18.1. The van der Waals surface area contributed by atoms with Crippen molar-refractivity contribution >= 4 is 5.97 Å². The number of esters is 1. The maximum atomic E-state index is 13.3. The van der Waals surface area contributed by atoms with E-state index in [0.717, 1.165) is 22.3 Å². The first-order valence-electron chi connectivity index (χ1n) is 12.1. The summed E-state index contributed by atoms with van der Waals surface area (Å²) in [7, 11) is 0. The highest BCUT2D eigenvalue weighted by Crippen LogP contribution is 2.38. The van der Waals surface area contributed by atoms with Crippen molar-refractivity contribution in [1.29, 1.82) is 0 Å². The Morgan fingerprint density at radius 3 is 1.53 bits per heavy atom. The fraction of sp³-hybridized carbons (Fsp3) is 0.219. The lowest BCUT2D eigenvalue weighted by molar-refractivity contribution is 0.0467. The number of ether oxygens (including phenoxy) is 3. The third kappa shape index (κ3) is 6.76. The van der Waals surface area contributed by atoms with Crippen LogP contribution < -0.4 is 9.47 Å². The van der Waals surface area contributed by atoms with Crippen LogP contribution in [0.25, 0.3) is 0 Å². The monoisotopic (exact) mass is 480 g/mol. The first-order valence-corrected chi connectivity index (χ1v) is 12.1. The molecule has 184 valence electrons. The van der Waals surface area contributed by atoms with Crippen molar-refractivity contribution in [2.24, 2.45) is 0 Å². The Labute approximate surface area is 213 Å². The van der Waals surface area contributed by atoms with Crippen molar-refractivity contribution in [2.45, 2.75) is 46.0 Å². The Hall–Kier alpha value is -4.05. The molecule has 0 atom stereocenters. The smallest absolute Gasteiger partial charge is 0.342 e. The molecule has 0 N–H and O–H groups in total. The zero-order valence-corrected chi connectivity index (χ0v) is 21.1. The van der Waals surface area contributed by atoms with Crippen LogP contribution in [0.3, 0.4) is 0 Å². The van der Waals surface area contributed by atoms with Gasteiger partial charge in [-0.3, -0.25) is 0 Å². The highest BCUT2D eigenvalue weighted by Gasteiger charge is 2.26. The van der Waals surface area contributed by atoms with E-state index in [1.54, 1.807) is 0 Å². The Morgan fingerprint density at radius 2 is 1.06 bits per heavy atom. The predicted molar refractivity (Wildman–Crippen MR) is 142 cm³/mol. The second-order valence-corrected chi connectivity index (χ2v) is 9.70. The van der Waals surface area contributed by atoms with E-state index in [2.05, 4.69) is 20.8 Å². The minimum Gasteiger partial charge on any atom is -0.488 e. The second kappa shape index (κ2) is 11.6. The van der Waals surface area contributed by atoms with Gasteiger partial charge in [0, 0.05) is 11.6 Å². The van der Waals surface area contributed by atoms with E-state index in [-0.39, 0.29) is 12.0 Å². The molecule has 0 fully saturated rings. The van der Waals surface area contributed by atoms with Gasteiger partial charge < -0.3 is 14.2 Å². The van der Waals surface area contributed by atoms with Crippen molar-refractivity contribution in [3.05, 3.63) is 131 Å². The molecule has 36 heavy (non-hydrogen) atoms. The van der Waals surface area contributed by atoms with Gasteiger partial charge in [-0.1, -0.05) is 112 Å². The molecule has 0 unspecified atom stereocenters. The summed E-state index contributed by atoms with van der Waals surface area (Å²) >= 11 is 0. The summed E-state index contributed by atoms with van der Waals surface area (Å²) in [6, 6.07) is 33.2. The lowest BCUT2D eigenvalue weighted by Crippen LogP contribution is -2.17. The molecule has 0 bridgehead atoms. The van der Waals surface area contributed by atoms with Crippen LogP contribution in [0.1, 0.15) is 53.4 Å². The topological polar surface area (TPSA) is 44.8 Å². The molecule has 0 spiro atoms. The molecule has 0 saturated heterocycles. The van der Waals surface area contributed by atoms with Gasteiger partial charge in [0.15, 0.2) is 0 Å². The SMILES string of the molecule is CC(C)(C)c1cc(C(=O)OCc2ccccc2)c(OCc2ccccc2)cc1OCc1ccccc1. The van der Waals surface area contributed by atoms with E-state index in [9.17, 15) is 4.79 Å². The summed E-state index contributed by atoms with van der Waals surface area (Å²) in [5.41, 5.74) is 4.04. The van der Waals surface area contributed by atoms with Gasteiger partial charge in [-0.2, -0.15) is 0 Å². The molecular formula is C32H32O4. The van der Waals surface area contributed by atoms with E-state index < -0.39 is 5.97 Å². The lowest BCUT2D eigenvalue weighted by atomic mass is 9.85. The molecule has 4 aromatic rings. The summed E-state index contributed by atoms with van der Waals surface area (Å²) in [5.74, 6) is 0.698. The Kier molecular flexibility index (Phi) is 8.06. The number of benzene rings is 4. The van der Waals surface area contributed by atoms with Crippen molar-refractivity contribution < 1.29 is 19.0 Å². The highest BCUT2D eigenvalue weighted by molar-refractivity contribution is 5.93. The molecule has 0 amide bonds. The largest absolute Gasteiger partial charge is 0.488 e. The predicted octanol–water partition coefficient (Wildman–Crippen LogP) is 7.50. The fourth-order valence-electron chi connectivity index (χ4n) is 3.82. The van der Waals surface area contributed by atoms with Gasteiger partial charge in [-0.15, -0.1) is 0 Å². The molecule has 0 aliphatic carbocycles. The maximum Gasteiger partial charge on any atom is 0.342 e. The molecule has 0 radical (unpaired) electrons. The third-order valence-corrected chi connectivity index (χ3v) is 5.80. The lowest BCUT2D eigenvalue weighted by Gasteiger charge is -2.25. The van der Waals surface area contributed by atoms with E-state index in [0.29, 0.717) is 30.3 Å². The first kappa shape index (κ1) is 25.1. The highest BCUT2D eigenvalue weighted by atomic mass is 16.5. The zero-order valence-electron chi connectivity index (χ0n) is 21.1. The van der Waals surface area contributed by atoms with Crippen LogP contribution in [-0.2, 0) is 30.0 Å². The van der Waals surface area contributed by atoms with Crippen LogP contribution in [0.2, 0.25) is 0 Å². The fourth-order valence-corrected chi connectivity index (χ4v) is 3.82. The van der Waals surface area contributed by atoms with Crippen LogP contribution in [0.5, 0.6) is 11.5 Å². The molecule has 4 nitrogen and oxygen atoms in total. The van der Waals surface area contributed by atoms with E-state index in [1.807, 2.05) is 103 Å². The zero-order chi connectivity index (χ0) is 25.4. The molecule has 4 heteroatoms. The van der Waals surface area contributed by atoms with Gasteiger partial charge >= 0.3 is 5.97 Å². The number of hydrogen-bond donors (Lipinski definition) is 0. The van der Waals surface area contributed by atoms with Crippen LogP contribution in [0, 0.1) is 0 Å². The van der Waals surface area contributed by atoms with Crippen molar-refractivity contribution in [3.8, 4) is 11.5 Å².